The molecule has 0 unspecified atom stereocenters. The van der Waals surface area contributed by atoms with Gasteiger partial charge in [0.2, 0.25) is 0 Å². The fourth-order valence-corrected chi connectivity index (χ4v) is 5.73. The monoisotopic (exact) mass is 274 g/mol. The van der Waals surface area contributed by atoms with E-state index in [1.807, 2.05) is 6.92 Å². The molecular formula is C12H27NNiP+. The third-order valence-corrected chi connectivity index (χ3v) is 6.73. The fourth-order valence-electron chi connectivity index (χ4n) is 1.91. The molecule has 0 saturated carbocycles. The Kier molecular flexibility index (Phi) is 9.81. The van der Waals surface area contributed by atoms with Gasteiger partial charge in [-0.2, -0.15) is 5.71 Å². The predicted octanol–water partition coefficient (Wildman–Crippen LogP) is 4.28. The van der Waals surface area contributed by atoms with Crippen LogP contribution in [0.4, 0.5) is 0 Å². The molecule has 0 aliphatic carbocycles. The maximum atomic E-state index is 9.39. The molecule has 0 aliphatic heterocycles. The van der Waals surface area contributed by atoms with Gasteiger partial charge in [-0.05, 0) is 41.5 Å². The standard InChI is InChI=1S/C11H23NP.CH3.Ni/c1-9(12)8-13(10(2,3)4)11(5,6)7;;/h8H2,1-7H3;1H3;/q2*-1;+2/p+1. The smallest absolute Gasteiger partial charge is 0.809 e. The molecular weight excluding hydrogens is 248 g/mol. The molecule has 1 nitrogen and oxygen atoms in total. The van der Waals surface area contributed by atoms with Crippen LogP contribution in [0.2, 0.25) is 0 Å². The first kappa shape index (κ1) is 20.9. The molecule has 0 bridgehead atoms. The van der Waals surface area contributed by atoms with Crippen LogP contribution in [0.3, 0.4) is 0 Å². The normalized spacial score (nSPS) is 11.7. The number of hydrogen-bond donors (Lipinski definition) is 0. The molecule has 0 aromatic heterocycles. The van der Waals surface area contributed by atoms with Gasteiger partial charge in [-0.3, -0.25) is 0 Å². The van der Waals surface area contributed by atoms with Gasteiger partial charge in [-0.25, -0.2) is 0 Å². The first-order chi connectivity index (χ1) is 5.55. The van der Waals surface area contributed by atoms with Crippen molar-refractivity contribution in [2.45, 2.75) is 58.8 Å². The summed E-state index contributed by atoms with van der Waals surface area (Å²) in [6, 6.07) is 0. The summed E-state index contributed by atoms with van der Waals surface area (Å²) in [5.41, 5.74) is 0.596. The van der Waals surface area contributed by atoms with Crippen molar-refractivity contribution in [2.24, 2.45) is 0 Å². The molecule has 0 aromatic carbocycles. The van der Waals surface area contributed by atoms with Crippen molar-refractivity contribution >= 4 is 13.6 Å². The van der Waals surface area contributed by atoms with E-state index in [0.29, 0.717) is 16.0 Å². The first-order valence-corrected chi connectivity index (χ1v) is 6.64. The maximum absolute atomic E-state index is 9.39. The van der Waals surface area contributed by atoms with Gasteiger partial charge in [-0.1, -0.05) is 6.92 Å². The summed E-state index contributed by atoms with van der Waals surface area (Å²) < 4.78 is 0. The average Bonchev–Trinajstić information content (AvgIpc) is 1.77. The summed E-state index contributed by atoms with van der Waals surface area (Å²) in [6.45, 7) is 15.5. The van der Waals surface area contributed by atoms with E-state index < -0.39 is 7.92 Å². The molecule has 0 aromatic rings. The van der Waals surface area contributed by atoms with Crippen molar-refractivity contribution in [3.05, 3.63) is 12.8 Å². The van der Waals surface area contributed by atoms with Crippen molar-refractivity contribution in [2.75, 3.05) is 6.16 Å². The van der Waals surface area contributed by atoms with Crippen LogP contribution in [0.15, 0.2) is 0 Å². The molecule has 0 fully saturated rings. The maximum Gasteiger partial charge on any atom is 2.00 e. The summed E-state index contributed by atoms with van der Waals surface area (Å²) in [5, 5.41) is 10.1. The molecule has 94 valence electrons. The van der Waals surface area contributed by atoms with Gasteiger partial charge < -0.3 is 12.8 Å². The second kappa shape index (κ2) is 7.02. The Hall–Kier alpha value is 0.594. The quantitative estimate of drug-likeness (QED) is 0.311. The van der Waals surface area contributed by atoms with Crippen LogP contribution in [-0.2, 0) is 16.5 Å². The number of nitrogens with zero attached hydrogens (tertiary/aromatic N) is 1. The van der Waals surface area contributed by atoms with Gasteiger partial charge in [0.05, 0.1) is 16.5 Å². The van der Waals surface area contributed by atoms with Gasteiger partial charge >= 0.3 is 16.5 Å². The molecule has 0 spiro atoms. The third-order valence-electron chi connectivity index (χ3n) is 2.24. The zero-order chi connectivity index (χ0) is 10.9. The number of hydrogen-bond acceptors (Lipinski definition) is 0. The second-order valence-corrected chi connectivity index (χ2v) is 10.2. The predicted molar refractivity (Wildman–Crippen MR) is 73.1 cm³/mol. The van der Waals surface area contributed by atoms with Crippen LogP contribution >= 0.6 is 7.92 Å². The molecule has 0 saturated heterocycles. The first-order valence-electron chi connectivity index (χ1n) is 4.93. The Bertz CT molecular complexity index is 175. The van der Waals surface area contributed by atoms with Crippen LogP contribution in [0.5, 0.6) is 0 Å². The molecule has 0 N–H and O–H groups in total. The molecule has 0 rings (SSSR count). The SMILES string of the molecule is CC(=[N-])C[PH+](C(C)(C)C)C(C)(C)C.[CH3-].[Ni+2]. The number of rotatable bonds is 2. The minimum absolute atomic E-state index is 0. The minimum atomic E-state index is -0.562. The molecule has 3 heteroatoms. The van der Waals surface area contributed by atoms with Gasteiger partial charge in [0.1, 0.15) is 0 Å². The van der Waals surface area contributed by atoms with Crippen molar-refractivity contribution in [1.82, 2.24) is 0 Å². The van der Waals surface area contributed by atoms with Gasteiger partial charge in [-0.15, -0.1) is 0 Å². The van der Waals surface area contributed by atoms with E-state index in [-0.39, 0.29) is 23.9 Å². The van der Waals surface area contributed by atoms with E-state index in [0.717, 1.165) is 6.16 Å². The Morgan fingerprint density at radius 1 is 1.00 bits per heavy atom. The van der Waals surface area contributed by atoms with E-state index in [1.165, 1.54) is 0 Å². The fraction of sp³-hybridized carbons (Fsp3) is 0.833. The van der Waals surface area contributed by atoms with Crippen molar-refractivity contribution in [3.63, 3.8) is 0 Å². The van der Waals surface area contributed by atoms with Crippen molar-refractivity contribution < 1.29 is 16.5 Å². The summed E-state index contributed by atoms with van der Waals surface area (Å²) in [7, 11) is -0.562. The molecule has 0 atom stereocenters. The van der Waals surface area contributed by atoms with E-state index in [9.17, 15) is 5.41 Å². The van der Waals surface area contributed by atoms with E-state index >= 15 is 0 Å². The molecule has 0 heterocycles. The topological polar surface area (TPSA) is 22.3 Å². The van der Waals surface area contributed by atoms with E-state index in [2.05, 4.69) is 41.5 Å². The van der Waals surface area contributed by atoms with Gasteiger partial charge in [0, 0.05) is 7.92 Å². The van der Waals surface area contributed by atoms with E-state index in [4.69, 9.17) is 0 Å². The Morgan fingerprint density at radius 3 is 1.33 bits per heavy atom. The van der Waals surface area contributed by atoms with Crippen LogP contribution in [0.25, 0.3) is 5.41 Å². The Balaban J connectivity index is -0.000000720. The molecule has 0 aliphatic rings. The van der Waals surface area contributed by atoms with E-state index in [1.54, 1.807) is 0 Å². The average molecular weight is 275 g/mol. The van der Waals surface area contributed by atoms with Gasteiger partial charge in [0.15, 0.2) is 0 Å². The molecule has 0 amide bonds. The second-order valence-electron chi connectivity index (χ2n) is 5.89. The molecule has 0 radical (unpaired) electrons. The minimum Gasteiger partial charge on any atom is -0.809 e. The Morgan fingerprint density at radius 2 is 1.27 bits per heavy atom. The largest absolute Gasteiger partial charge is 2.00 e. The zero-order valence-corrected chi connectivity index (χ0v) is 13.5. The summed E-state index contributed by atoms with van der Waals surface area (Å²) in [4.78, 5) is 0. The van der Waals surface area contributed by atoms with Crippen LogP contribution in [-0.4, -0.2) is 22.2 Å². The van der Waals surface area contributed by atoms with Crippen molar-refractivity contribution in [1.29, 1.82) is 0 Å². The van der Waals surface area contributed by atoms with Crippen molar-refractivity contribution in [3.8, 4) is 0 Å². The third kappa shape index (κ3) is 8.41. The van der Waals surface area contributed by atoms with Crippen LogP contribution in [0.1, 0.15) is 48.5 Å². The molecule has 15 heavy (non-hydrogen) atoms. The Labute approximate surface area is 108 Å². The summed E-state index contributed by atoms with van der Waals surface area (Å²) in [6.07, 6.45) is 0.914. The summed E-state index contributed by atoms with van der Waals surface area (Å²) >= 11 is 0. The van der Waals surface area contributed by atoms with Crippen LogP contribution in [0, 0.1) is 7.43 Å². The van der Waals surface area contributed by atoms with Crippen LogP contribution < -0.4 is 0 Å². The summed E-state index contributed by atoms with van der Waals surface area (Å²) in [5.74, 6) is 0. The zero-order valence-electron chi connectivity index (χ0n) is 11.5. The van der Waals surface area contributed by atoms with Gasteiger partial charge in [0.25, 0.3) is 0 Å².